The lowest BCUT2D eigenvalue weighted by molar-refractivity contribution is -0.125. The predicted molar refractivity (Wildman–Crippen MR) is 240 cm³/mol. The van der Waals surface area contributed by atoms with Crippen LogP contribution in [-0.2, 0) is 44.9 Å². The number of ketones is 2. The molecule has 2 aliphatic heterocycles. The summed E-state index contributed by atoms with van der Waals surface area (Å²) in [7, 11) is 0. The summed E-state index contributed by atoms with van der Waals surface area (Å²) >= 11 is 4.71. The zero-order valence-corrected chi connectivity index (χ0v) is 35.7. The van der Waals surface area contributed by atoms with Crippen LogP contribution in [0.4, 0.5) is 23.0 Å². The number of fused-ring (bicyclic) bond motifs is 4. The smallest absolute Gasteiger partial charge is 0.245 e. The van der Waals surface area contributed by atoms with Crippen molar-refractivity contribution < 1.29 is 19.2 Å². The Morgan fingerprint density at radius 3 is 1.76 bits per heavy atom. The fourth-order valence-electron chi connectivity index (χ4n) is 8.55. The molecule has 63 heavy (non-hydrogen) atoms. The molecule has 0 radical (unpaired) electrons. The van der Waals surface area contributed by atoms with Gasteiger partial charge in [0.2, 0.25) is 11.1 Å². The third-order valence-electron chi connectivity index (χ3n) is 11.8. The maximum atomic E-state index is 12.1. The molecule has 2 aliphatic carbocycles. The van der Waals surface area contributed by atoms with E-state index in [1.807, 2.05) is 24.5 Å². The van der Waals surface area contributed by atoms with Gasteiger partial charge in [0.15, 0.2) is 22.9 Å². The lowest BCUT2D eigenvalue weighted by Gasteiger charge is -2.15. The monoisotopic (exact) mass is 868 g/mol. The van der Waals surface area contributed by atoms with Crippen LogP contribution in [0.15, 0.2) is 86.8 Å². The highest BCUT2D eigenvalue weighted by molar-refractivity contribution is 6.66. The molecule has 2 fully saturated rings. The molecule has 16 nitrogen and oxygen atoms in total. The SMILES string of the molecule is C=CC(=O)Cl.C=CC(=O)N1CCC(c2cn3ncnc3c(Nc3ccc4c(c3)CC(=O)CCC4)n2)C1.O=C1CCCc2ccc(Nc3nc(C4CCNC4)cn4ncnc34)cc2C1. The van der Waals surface area contributed by atoms with E-state index in [1.165, 1.54) is 23.5 Å². The third-order valence-corrected chi connectivity index (χ3v) is 12.0. The summed E-state index contributed by atoms with van der Waals surface area (Å²) in [6.45, 7) is 9.91. The topological polar surface area (TPSA) is 194 Å². The van der Waals surface area contributed by atoms with Crippen LogP contribution in [0, 0.1) is 0 Å². The summed E-state index contributed by atoms with van der Waals surface area (Å²) in [5.74, 6) is 2.39. The first-order valence-electron chi connectivity index (χ1n) is 21.3. The van der Waals surface area contributed by atoms with E-state index in [1.54, 1.807) is 20.3 Å². The molecule has 2 saturated heterocycles. The normalized spacial score (nSPS) is 18.2. The van der Waals surface area contributed by atoms with Crippen LogP contribution in [0.5, 0.6) is 0 Å². The maximum Gasteiger partial charge on any atom is 0.245 e. The van der Waals surface area contributed by atoms with Crippen LogP contribution < -0.4 is 16.0 Å². The van der Waals surface area contributed by atoms with Crippen LogP contribution in [0.3, 0.4) is 0 Å². The number of allylic oxidation sites excluding steroid dienone is 1. The number of hydrogen-bond donors (Lipinski definition) is 3. The molecule has 2 unspecified atom stereocenters. The average molecular weight is 869 g/mol. The van der Waals surface area contributed by atoms with Gasteiger partial charge in [-0.1, -0.05) is 25.3 Å². The second kappa shape index (κ2) is 19.6. The van der Waals surface area contributed by atoms with Crippen LogP contribution in [0.25, 0.3) is 11.3 Å². The van der Waals surface area contributed by atoms with Crippen molar-refractivity contribution in [2.75, 3.05) is 36.8 Å². The summed E-state index contributed by atoms with van der Waals surface area (Å²) in [5.41, 5.74) is 9.74. The van der Waals surface area contributed by atoms with Gasteiger partial charge in [0.05, 0.1) is 23.8 Å². The highest BCUT2D eigenvalue weighted by Gasteiger charge is 2.28. The largest absolute Gasteiger partial charge is 0.338 e. The van der Waals surface area contributed by atoms with Gasteiger partial charge < -0.3 is 20.9 Å². The van der Waals surface area contributed by atoms with E-state index in [-0.39, 0.29) is 17.6 Å². The van der Waals surface area contributed by atoms with Gasteiger partial charge in [-0.05, 0) is 115 Å². The molecule has 0 saturated carbocycles. The number of aromatic nitrogens is 8. The minimum absolute atomic E-state index is 0.0535. The molecule has 4 aromatic heterocycles. The number of likely N-dealkylation sites (tertiary alicyclic amines) is 1. The molecule has 3 N–H and O–H groups in total. The van der Waals surface area contributed by atoms with Gasteiger partial charge in [0, 0.05) is 68.5 Å². The van der Waals surface area contributed by atoms with Crippen molar-refractivity contribution in [3.8, 4) is 0 Å². The van der Waals surface area contributed by atoms with E-state index in [4.69, 9.17) is 21.6 Å². The highest BCUT2D eigenvalue weighted by atomic mass is 35.5. The minimum atomic E-state index is -0.509. The highest BCUT2D eigenvalue weighted by Crippen LogP contribution is 2.31. The number of nitrogens with zero attached hydrogens (tertiary/aromatic N) is 9. The molecule has 17 heteroatoms. The molecule has 10 rings (SSSR count). The van der Waals surface area contributed by atoms with Gasteiger partial charge in [-0.2, -0.15) is 10.2 Å². The predicted octanol–water partition coefficient (Wildman–Crippen LogP) is 6.15. The van der Waals surface area contributed by atoms with Gasteiger partial charge in [-0.25, -0.2) is 29.0 Å². The number of halogens is 1. The number of nitrogens with one attached hydrogen (secondary N) is 3. The van der Waals surface area contributed by atoms with Gasteiger partial charge in [0.25, 0.3) is 0 Å². The summed E-state index contributed by atoms with van der Waals surface area (Å²) in [4.78, 5) is 65.7. The lowest BCUT2D eigenvalue weighted by Crippen LogP contribution is -2.26. The van der Waals surface area contributed by atoms with Crippen molar-refractivity contribution in [3.63, 3.8) is 0 Å². The van der Waals surface area contributed by atoms with Gasteiger partial charge in [-0.3, -0.25) is 19.2 Å². The Balaban J connectivity index is 0.000000157. The first-order valence-corrected chi connectivity index (χ1v) is 21.7. The lowest BCUT2D eigenvalue weighted by atomic mass is 10.0. The van der Waals surface area contributed by atoms with E-state index in [2.05, 4.69) is 73.5 Å². The Labute approximate surface area is 369 Å². The third kappa shape index (κ3) is 10.4. The maximum absolute atomic E-state index is 12.1. The van der Waals surface area contributed by atoms with Crippen molar-refractivity contribution >= 4 is 68.6 Å². The first-order chi connectivity index (χ1) is 30.6. The molecule has 0 spiro atoms. The Morgan fingerprint density at radius 2 is 1.27 bits per heavy atom. The Bertz CT molecular complexity index is 2700. The fraction of sp³-hybridized carbons (Fsp3) is 0.348. The number of Topliss-reactive ketones (excluding diaryl/α,β-unsaturated/α-hetero) is 2. The zero-order valence-electron chi connectivity index (χ0n) is 34.9. The molecule has 6 heterocycles. The number of anilines is 4. The molecule has 2 aromatic carbocycles. The molecule has 324 valence electrons. The van der Waals surface area contributed by atoms with Crippen molar-refractivity contribution in [1.82, 2.24) is 49.4 Å². The fourth-order valence-corrected chi connectivity index (χ4v) is 8.55. The van der Waals surface area contributed by atoms with Crippen LogP contribution in [0.2, 0.25) is 0 Å². The Hall–Kier alpha value is -6.65. The number of benzene rings is 2. The number of carbonyl (C=O) groups excluding carboxylic acids is 4. The van der Waals surface area contributed by atoms with Gasteiger partial charge >= 0.3 is 0 Å². The van der Waals surface area contributed by atoms with Gasteiger partial charge in [-0.15, -0.1) is 0 Å². The quantitative estimate of drug-likeness (QED) is 0.0897. The minimum Gasteiger partial charge on any atom is -0.338 e. The van der Waals surface area contributed by atoms with Crippen molar-refractivity contribution in [2.24, 2.45) is 0 Å². The number of carbonyl (C=O) groups is 4. The molecule has 0 bridgehead atoms. The first kappa shape index (κ1) is 43.0. The van der Waals surface area contributed by atoms with Crippen LogP contribution in [0.1, 0.15) is 84.0 Å². The number of rotatable bonds is 8. The second-order valence-corrected chi connectivity index (χ2v) is 16.5. The van der Waals surface area contributed by atoms with E-state index in [9.17, 15) is 19.2 Å². The van der Waals surface area contributed by atoms with Crippen LogP contribution >= 0.6 is 11.6 Å². The summed E-state index contributed by atoms with van der Waals surface area (Å²) in [6.07, 6.45) is 17.3. The summed E-state index contributed by atoms with van der Waals surface area (Å²) in [6, 6.07) is 12.4. The van der Waals surface area contributed by atoms with Crippen molar-refractivity contribution in [3.05, 3.63) is 120 Å². The Morgan fingerprint density at radius 1 is 0.730 bits per heavy atom. The molecule has 4 aliphatic rings. The standard InChI is InChI=1S/C23H24N6O2.C20H22N6O.C3H3ClO/c1-2-21(31)28-9-8-16(12-28)20-13-29-23(24-14-25-29)22(27-20)26-18-7-6-15-4-3-5-19(30)11-17(15)10-18;27-17-3-1-2-13-4-5-16(8-15(13)9-17)24-19-20-22-12-23-26(20)11-18(25-19)14-6-7-21-10-14;1-2-3(4)5/h2,6-7,10,13-14,16H,1,3-5,8-9,11-12H2,(H,26,27);4-5,8,11-12,14,21H,1-3,6-7,9-10H2,(H,24,25);2H,1H2. The molecule has 6 aromatic rings. The average Bonchev–Trinajstić information content (AvgIpc) is 4.12. The number of hydrogen-bond acceptors (Lipinski definition) is 13. The summed E-state index contributed by atoms with van der Waals surface area (Å²) in [5, 5.41) is 18.3. The zero-order chi connectivity index (χ0) is 43.9. The van der Waals surface area contributed by atoms with Crippen molar-refractivity contribution in [2.45, 2.75) is 76.0 Å². The van der Waals surface area contributed by atoms with Crippen LogP contribution in [-0.4, -0.2) is 93.0 Å². The molecule has 2 atom stereocenters. The van der Waals surface area contributed by atoms with E-state index < -0.39 is 5.24 Å². The van der Waals surface area contributed by atoms with Gasteiger partial charge in [0.1, 0.15) is 24.2 Å². The van der Waals surface area contributed by atoms with E-state index >= 15 is 0 Å². The molecular formula is C46H49ClN12O4. The molecule has 1 amide bonds. The van der Waals surface area contributed by atoms with Crippen molar-refractivity contribution in [1.29, 1.82) is 0 Å². The molecular weight excluding hydrogens is 820 g/mol. The second-order valence-electron chi connectivity index (χ2n) is 16.1. The van der Waals surface area contributed by atoms with E-state index in [0.29, 0.717) is 73.4 Å². The number of amides is 1. The Kier molecular flexibility index (Phi) is 13.4. The summed E-state index contributed by atoms with van der Waals surface area (Å²) < 4.78 is 3.51. The van der Waals surface area contributed by atoms with E-state index in [0.717, 1.165) is 91.6 Å². The number of aryl methyl sites for hydroxylation is 2.